The van der Waals surface area contributed by atoms with Crippen molar-refractivity contribution >= 4 is 80.1 Å². The van der Waals surface area contributed by atoms with Gasteiger partial charge in [0, 0.05) is 41.3 Å². The zero-order valence-electron chi connectivity index (χ0n) is 34.3. The lowest BCUT2D eigenvalue weighted by Crippen LogP contribution is -2.10. The lowest BCUT2D eigenvalue weighted by atomic mass is 9.98. The molecule has 0 N–H and O–H groups in total. The molecule has 12 aromatic rings. The number of hydrogen-bond donors (Lipinski definition) is 0. The van der Waals surface area contributed by atoms with Crippen molar-refractivity contribution in [2.24, 2.45) is 0 Å². The third-order valence-corrected chi connectivity index (χ3v) is 14.7. The lowest BCUT2D eigenvalue weighted by Gasteiger charge is -2.28. The Morgan fingerprint density at radius 2 is 0.730 bits per heavy atom. The predicted octanol–water partition coefficient (Wildman–Crippen LogP) is 18.2. The summed E-state index contributed by atoms with van der Waals surface area (Å²) in [6, 6.07) is 86.6. The van der Waals surface area contributed by atoms with Gasteiger partial charge in [-0.2, -0.15) is 0 Å². The first-order valence-electron chi connectivity index (χ1n) is 21.4. The number of nitrogens with zero attached hydrogens (tertiary/aromatic N) is 1. The highest BCUT2D eigenvalue weighted by Crippen LogP contribution is 2.52. The van der Waals surface area contributed by atoms with Gasteiger partial charge in [-0.3, -0.25) is 0 Å². The van der Waals surface area contributed by atoms with Crippen LogP contribution in [0.15, 0.2) is 237 Å². The van der Waals surface area contributed by atoms with E-state index in [1.807, 2.05) is 22.7 Å². The summed E-state index contributed by atoms with van der Waals surface area (Å²) in [4.78, 5) is 2.53. The van der Waals surface area contributed by atoms with Crippen LogP contribution in [-0.4, -0.2) is 0 Å². The molecule has 3 heteroatoms. The van der Waals surface area contributed by atoms with Crippen molar-refractivity contribution in [3.63, 3.8) is 0 Å². The highest BCUT2D eigenvalue weighted by Gasteiger charge is 2.24. The summed E-state index contributed by atoms with van der Waals surface area (Å²) in [5.41, 5.74) is 15.6. The molecule has 0 amide bonds. The monoisotopic (exact) mass is 837 g/mol. The van der Waals surface area contributed by atoms with E-state index in [1.54, 1.807) is 0 Å². The van der Waals surface area contributed by atoms with E-state index in [0.717, 1.165) is 11.4 Å². The van der Waals surface area contributed by atoms with E-state index >= 15 is 0 Å². The van der Waals surface area contributed by atoms with Gasteiger partial charge in [0.05, 0.1) is 16.1 Å². The SMILES string of the molecule is c1ccc(-c2ccc(-c3cccc(N(c4cccc5c4sc4cc(-c6ccccc6)ccc45)c4ccc(-c5ccccc5)c5sc6cc(-c7ccccc7)ccc6c45)c3)cc2)cc1. The fourth-order valence-corrected chi connectivity index (χ4v) is 11.7. The molecule has 0 aliphatic rings. The number of fused-ring (bicyclic) bond motifs is 6. The summed E-state index contributed by atoms with van der Waals surface area (Å²) in [7, 11) is 0. The normalized spacial score (nSPS) is 11.5. The third-order valence-electron chi connectivity index (χ3n) is 12.3. The van der Waals surface area contributed by atoms with Gasteiger partial charge in [-0.05, 0) is 92.0 Å². The Kier molecular flexibility index (Phi) is 9.29. The summed E-state index contributed by atoms with van der Waals surface area (Å²) in [6.07, 6.45) is 0. The molecule has 0 fully saturated rings. The molecule has 63 heavy (non-hydrogen) atoms. The van der Waals surface area contributed by atoms with Crippen molar-refractivity contribution in [1.82, 2.24) is 0 Å². The Bertz CT molecular complexity index is 3590. The molecule has 0 aliphatic heterocycles. The Hall–Kier alpha value is -7.56. The van der Waals surface area contributed by atoms with Gasteiger partial charge >= 0.3 is 0 Å². The molecule has 296 valence electrons. The van der Waals surface area contributed by atoms with Crippen LogP contribution in [0.25, 0.3) is 96.0 Å². The fourth-order valence-electron chi connectivity index (χ4n) is 9.19. The van der Waals surface area contributed by atoms with Crippen molar-refractivity contribution < 1.29 is 0 Å². The van der Waals surface area contributed by atoms with Gasteiger partial charge in [0.15, 0.2) is 0 Å². The maximum absolute atomic E-state index is 2.53. The second-order valence-electron chi connectivity index (χ2n) is 16.0. The molecule has 0 bridgehead atoms. The van der Waals surface area contributed by atoms with Gasteiger partial charge in [0.25, 0.3) is 0 Å². The summed E-state index contributed by atoms with van der Waals surface area (Å²) in [5, 5.41) is 5.07. The van der Waals surface area contributed by atoms with Crippen LogP contribution in [0.5, 0.6) is 0 Å². The molecular formula is C60H39NS2. The van der Waals surface area contributed by atoms with Crippen LogP contribution in [0.3, 0.4) is 0 Å². The van der Waals surface area contributed by atoms with Crippen molar-refractivity contribution in [1.29, 1.82) is 0 Å². The Balaban J connectivity index is 1.10. The fraction of sp³-hybridized carbons (Fsp3) is 0. The zero-order chi connectivity index (χ0) is 41.7. The Morgan fingerprint density at radius 3 is 1.37 bits per heavy atom. The molecular weight excluding hydrogens is 799 g/mol. The molecule has 12 rings (SSSR count). The first-order valence-corrected chi connectivity index (χ1v) is 23.0. The van der Waals surface area contributed by atoms with Crippen molar-refractivity contribution in [3.05, 3.63) is 237 Å². The van der Waals surface area contributed by atoms with Crippen LogP contribution < -0.4 is 4.90 Å². The Labute approximate surface area is 375 Å². The molecule has 0 saturated carbocycles. The summed E-state index contributed by atoms with van der Waals surface area (Å²) < 4.78 is 5.11. The largest absolute Gasteiger partial charge is 0.308 e. The number of anilines is 3. The van der Waals surface area contributed by atoms with Gasteiger partial charge in [-0.15, -0.1) is 22.7 Å². The van der Waals surface area contributed by atoms with E-state index in [9.17, 15) is 0 Å². The molecule has 0 aliphatic carbocycles. The van der Waals surface area contributed by atoms with E-state index in [0.29, 0.717) is 0 Å². The lowest BCUT2D eigenvalue weighted by molar-refractivity contribution is 1.32. The first kappa shape index (κ1) is 37.2. The van der Waals surface area contributed by atoms with E-state index in [4.69, 9.17) is 0 Å². The number of rotatable bonds is 8. The van der Waals surface area contributed by atoms with Crippen molar-refractivity contribution in [3.8, 4) is 55.6 Å². The van der Waals surface area contributed by atoms with Gasteiger partial charge in [0.2, 0.25) is 0 Å². The van der Waals surface area contributed by atoms with Crippen molar-refractivity contribution in [2.45, 2.75) is 0 Å². The second-order valence-corrected chi connectivity index (χ2v) is 18.1. The molecule has 2 heterocycles. The van der Waals surface area contributed by atoms with Crippen LogP contribution in [0, 0.1) is 0 Å². The van der Waals surface area contributed by atoms with Gasteiger partial charge in [0.1, 0.15) is 0 Å². The third kappa shape index (κ3) is 6.70. The summed E-state index contributed by atoms with van der Waals surface area (Å²) in [5.74, 6) is 0. The van der Waals surface area contributed by atoms with E-state index < -0.39 is 0 Å². The van der Waals surface area contributed by atoms with Gasteiger partial charge in [-0.25, -0.2) is 0 Å². The maximum atomic E-state index is 2.53. The average molecular weight is 838 g/mol. The minimum absolute atomic E-state index is 1.11. The molecule has 10 aromatic carbocycles. The van der Waals surface area contributed by atoms with Crippen LogP contribution in [0.4, 0.5) is 17.1 Å². The molecule has 0 unspecified atom stereocenters. The Morgan fingerprint density at radius 1 is 0.270 bits per heavy atom. The standard InChI is InChI=1S/C60H39NS2/c1-5-15-40(16-6-1)43-27-29-44(30-28-43)46-23-13-24-49(37-46)61(55-26-14-25-52-51-33-31-47(38-56(51)62-59(52)55)41-17-7-2-8-18-41)54-36-35-50(45-21-11-4-12-22-45)60-58(54)53-34-32-48(39-57(53)63-60)42-19-9-3-10-20-42/h1-39H. The molecule has 0 atom stereocenters. The van der Waals surface area contributed by atoms with Crippen molar-refractivity contribution in [2.75, 3.05) is 4.90 Å². The van der Waals surface area contributed by atoms with Crippen LogP contribution in [0.1, 0.15) is 0 Å². The number of benzene rings is 10. The molecule has 2 aromatic heterocycles. The quantitative estimate of drug-likeness (QED) is 0.147. The highest BCUT2D eigenvalue weighted by molar-refractivity contribution is 7.27. The number of hydrogen-bond acceptors (Lipinski definition) is 3. The second kappa shape index (κ2) is 15.7. The van der Waals surface area contributed by atoms with E-state index in [-0.39, 0.29) is 0 Å². The van der Waals surface area contributed by atoms with Gasteiger partial charge < -0.3 is 4.90 Å². The van der Waals surface area contributed by atoms with Gasteiger partial charge in [-0.1, -0.05) is 200 Å². The number of thiophene rings is 2. The maximum Gasteiger partial charge on any atom is 0.0640 e. The van der Waals surface area contributed by atoms with E-state index in [2.05, 4.69) is 241 Å². The smallest absolute Gasteiger partial charge is 0.0640 e. The molecule has 0 radical (unpaired) electrons. The summed E-state index contributed by atoms with van der Waals surface area (Å²) in [6.45, 7) is 0. The van der Waals surface area contributed by atoms with Crippen LogP contribution >= 0.6 is 22.7 Å². The first-order chi connectivity index (χ1) is 31.2. The van der Waals surface area contributed by atoms with Crippen LogP contribution in [-0.2, 0) is 0 Å². The molecule has 0 spiro atoms. The highest BCUT2D eigenvalue weighted by atomic mass is 32.1. The van der Waals surface area contributed by atoms with E-state index in [1.165, 1.54) is 102 Å². The minimum atomic E-state index is 1.11. The minimum Gasteiger partial charge on any atom is -0.308 e. The average Bonchev–Trinajstić information content (AvgIpc) is 3.94. The van der Waals surface area contributed by atoms with Crippen LogP contribution in [0.2, 0.25) is 0 Å². The molecule has 0 saturated heterocycles. The summed E-state index contributed by atoms with van der Waals surface area (Å²) >= 11 is 3.78. The zero-order valence-corrected chi connectivity index (χ0v) is 35.9. The molecule has 1 nitrogen and oxygen atoms in total. The predicted molar refractivity (Wildman–Crippen MR) is 274 cm³/mol. The topological polar surface area (TPSA) is 3.24 Å².